The number of hydrogen-bond acceptors (Lipinski definition) is 6. The number of esters is 1. The topological polar surface area (TPSA) is 82.9 Å². The summed E-state index contributed by atoms with van der Waals surface area (Å²) in [6.45, 7) is 6.57. The first-order chi connectivity index (χ1) is 16.4. The number of fused-ring (bicyclic) bond motifs is 3. The maximum Gasteiger partial charge on any atom is 0.321 e. The number of ether oxygens (including phenoxy) is 3. The number of para-hydroxylation sites is 2. The van der Waals surface area contributed by atoms with Crippen LogP contribution in [0.2, 0.25) is 0 Å². The van der Waals surface area contributed by atoms with Crippen LogP contribution < -0.4 is 14.4 Å². The monoisotopic (exact) mass is 465 g/mol. The molecule has 180 valence electrons. The zero-order valence-corrected chi connectivity index (χ0v) is 20.3. The van der Waals surface area contributed by atoms with Crippen LogP contribution in [-0.2, 0) is 14.3 Å². The molecule has 1 amide bonds. The Bertz CT molecular complexity index is 1200. The zero-order chi connectivity index (χ0) is 24.4. The van der Waals surface area contributed by atoms with Gasteiger partial charge in [0.15, 0.2) is 5.92 Å². The lowest BCUT2D eigenvalue weighted by Crippen LogP contribution is -2.50. The predicted octanol–water partition coefficient (Wildman–Crippen LogP) is 4.21. The van der Waals surface area contributed by atoms with E-state index in [0.717, 1.165) is 17.5 Å². The molecule has 2 atom stereocenters. The van der Waals surface area contributed by atoms with E-state index < -0.39 is 17.9 Å². The summed E-state index contributed by atoms with van der Waals surface area (Å²) in [7, 11) is 3.14. The van der Waals surface area contributed by atoms with E-state index in [0.29, 0.717) is 35.5 Å². The molecule has 0 unspecified atom stereocenters. The minimum Gasteiger partial charge on any atom is -0.497 e. The predicted molar refractivity (Wildman–Crippen MR) is 129 cm³/mol. The van der Waals surface area contributed by atoms with Crippen molar-refractivity contribution >= 4 is 28.9 Å². The van der Waals surface area contributed by atoms with Crippen LogP contribution in [0.15, 0.2) is 42.5 Å². The molecule has 1 aliphatic heterocycles. The summed E-state index contributed by atoms with van der Waals surface area (Å²) >= 11 is 0. The molecule has 0 N–H and O–H groups in total. The summed E-state index contributed by atoms with van der Waals surface area (Å²) in [6.07, 6.45) is 0.775. The Morgan fingerprint density at radius 3 is 2.56 bits per heavy atom. The smallest absolute Gasteiger partial charge is 0.321 e. The van der Waals surface area contributed by atoms with Gasteiger partial charge in [0.1, 0.15) is 11.5 Å². The molecule has 2 aromatic carbocycles. The Morgan fingerprint density at radius 1 is 1.12 bits per heavy atom. The van der Waals surface area contributed by atoms with Crippen molar-refractivity contribution in [1.82, 2.24) is 9.55 Å². The third-order valence-electron chi connectivity index (χ3n) is 6.17. The number of carbonyl (C=O) groups excluding carboxylic acids is 2. The lowest BCUT2D eigenvalue weighted by Gasteiger charge is -2.38. The van der Waals surface area contributed by atoms with Gasteiger partial charge in [0.2, 0.25) is 11.9 Å². The number of rotatable bonds is 8. The maximum absolute atomic E-state index is 13.9. The number of hydrogen-bond donors (Lipinski definition) is 0. The molecule has 0 saturated heterocycles. The molecule has 2 heterocycles. The highest BCUT2D eigenvalue weighted by molar-refractivity contribution is 6.08. The number of imidazole rings is 1. The fourth-order valence-electron chi connectivity index (χ4n) is 4.50. The quantitative estimate of drug-likeness (QED) is 0.366. The van der Waals surface area contributed by atoms with Gasteiger partial charge in [-0.2, -0.15) is 0 Å². The molecule has 0 fully saturated rings. The van der Waals surface area contributed by atoms with Crippen LogP contribution in [0.3, 0.4) is 0 Å². The van der Waals surface area contributed by atoms with Crippen molar-refractivity contribution in [1.29, 1.82) is 0 Å². The van der Waals surface area contributed by atoms with Crippen molar-refractivity contribution in [3.8, 4) is 11.5 Å². The molecule has 3 aromatic rings. The number of carbonyl (C=O) groups is 2. The minimum atomic E-state index is -1.10. The van der Waals surface area contributed by atoms with E-state index in [-0.39, 0.29) is 12.5 Å². The average molecular weight is 466 g/mol. The number of anilines is 1. The normalized spacial score (nSPS) is 17.7. The van der Waals surface area contributed by atoms with Gasteiger partial charge in [-0.25, -0.2) is 4.98 Å². The summed E-state index contributed by atoms with van der Waals surface area (Å²) in [5.74, 6) is 0.0480. The van der Waals surface area contributed by atoms with E-state index in [1.165, 1.54) is 0 Å². The van der Waals surface area contributed by atoms with E-state index >= 15 is 0 Å². The summed E-state index contributed by atoms with van der Waals surface area (Å²) in [6, 6.07) is 12.4. The van der Waals surface area contributed by atoms with Gasteiger partial charge in [0, 0.05) is 12.1 Å². The van der Waals surface area contributed by atoms with E-state index in [1.807, 2.05) is 34.9 Å². The number of benzene rings is 2. The Hall–Kier alpha value is -3.55. The first-order valence-electron chi connectivity index (χ1n) is 11.6. The van der Waals surface area contributed by atoms with Gasteiger partial charge in [0.05, 0.1) is 37.9 Å². The summed E-state index contributed by atoms with van der Waals surface area (Å²) in [5, 5.41) is 0. The van der Waals surface area contributed by atoms with Crippen LogP contribution in [0.25, 0.3) is 11.0 Å². The van der Waals surface area contributed by atoms with Crippen molar-refractivity contribution in [2.75, 3.05) is 32.3 Å². The van der Waals surface area contributed by atoms with Gasteiger partial charge in [-0.1, -0.05) is 26.0 Å². The maximum atomic E-state index is 13.9. The van der Waals surface area contributed by atoms with Crippen LogP contribution in [-0.4, -0.2) is 48.8 Å². The summed E-state index contributed by atoms with van der Waals surface area (Å²) < 4.78 is 18.5. The Kier molecular flexibility index (Phi) is 6.77. The molecule has 0 aliphatic carbocycles. The highest BCUT2D eigenvalue weighted by Gasteiger charge is 2.48. The molecule has 0 spiro atoms. The third kappa shape index (κ3) is 4.08. The Labute approximate surface area is 199 Å². The number of amides is 1. The van der Waals surface area contributed by atoms with Gasteiger partial charge >= 0.3 is 5.97 Å². The molecular formula is C26H31N3O5. The molecule has 0 radical (unpaired) electrons. The fraction of sp³-hybridized carbons (Fsp3) is 0.423. The van der Waals surface area contributed by atoms with Crippen LogP contribution in [0.1, 0.15) is 38.8 Å². The summed E-state index contributed by atoms with van der Waals surface area (Å²) in [5.41, 5.74) is 2.22. The second kappa shape index (κ2) is 9.75. The SMILES string of the molecule is CCOC(=O)[C@@H]1C(=O)N(CCC(C)C)c2nc3ccccc3n2[C@H]1c1cc(OC)ccc1OC. The lowest BCUT2D eigenvalue weighted by atomic mass is 9.88. The third-order valence-corrected chi connectivity index (χ3v) is 6.17. The van der Waals surface area contributed by atoms with Crippen LogP contribution >= 0.6 is 0 Å². The zero-order valence-electron chi connectivity index (χ0n) is 20.3. The first kappa shape index (κ1) is 23.6. The fourth-order valence-corrected chi connectivity index (χ4v) is 4.50. The molecule has 0 bridgehead atoms. The first-order valence-corrected chi connectivity index (χ1v) is 11.6. The Balaban J connectivity index is 2.02. The van der Waals surface area contributed by atoms with Crippen molar-refractivity contribution in [3.63, 3.8) is 0 Å². The van der Waals surface area contributed by atoms with Gasteiger partial charge in [-0.15, -0.1) is 0 Å². The standard InChI is InChI=1S/C26H31N3O5/c1-6-34-25(31)22-23(18-15-17(32-4)11-12-21(18)33-5)29-20-10-8-7-9-19(20)27-26(29)28(24(22)30)14-13-16(2)3/h7-12,15-16,22-23H,6,13-14H2,1-5H3/t22-,23-/m0/s1. The van der Waals surface area contributed by atoms with Crippen molar-refractivity contribution in [2.45, 2.75) is 33.2 Å². The van der Waals surface area contributed by atoms with Gasteiger partial charge in [-0.05, 0) is 49.6 Å². The van der Waals surface area contributed by atoms with Crippen LogP contribution in [0.4, 0.5) is 5.95 Å². The highest BCUT2D eigenvalue weighted by atomic mass is 16.5. The van der Waals surface area contributed by atoms with E-state index in [2.05, 4.69) is 13.8 Å². The van der Waals surface area contributed by atoms with E-state index in [4.69, 9.17) is 19.2 Å². The number of nitrogens with zero attached hydrogens (tertiary/aromatic N) is 3. The number of aromatic nitrogens is 2. The van der Waals surface area contributed by atoms with Gasteiger partial charge < -0.3 is 18.8 Å². The van der Waals surface area contributed by atoms with E-state index in [1.54, 1.807) is 38.2 Å². The molecule has 34 heavy (non-hydrogen) atoms. The van der Waals surface area contributed by atoms with Crippen LogP contribution in [0.5, 0.6) is 11.5 Å². The molecule has 0 saturated carbocycles. The molecule has 8 nitrogen and oxygen atoms in total. The lowest BCUT2D eigenvalue weighted by molar-refractivity contribution is -0.153. The summed E-state index contributed by atoms with van der Waals surface area (Å²) in [4.78, 5) is 33.7. The van der Waals surface area contributed by atoms with Gasteiger partial charge in [-0.3, -0.25) is 14.5 Å². The van der Waals surface area contributed by atoms with Crippen molar-refractivity contribution in [2.24, 2.45) is 11.8 Å². The molecule has 4 rings (SSSR count). The largest absolute Gasteiger partial charge is 0.497 e. The van der Waals surface area contributed by atoms with Crippen LogP contribution in [0, 0.1) is 11.8 Å². The molecular weight excluding hydrogens is 434 g/mol. The molecule has 1 aromatic heterocycles. The molecule has 1 aliphatic rings. The van der Waals surface area contributed by atoms with E-state index in [9.17, 15) is 9.59 Å². The van der Waals surface area contributed by atoms with Gasteiger partial charge in [0.25, 0.3) is 0 Å². The number of methoxy groups -OCH3 is 2. The van der Waals surface area contributed by atoms with Crippen molar-refractivity contribution in [3.05, 3.63) is 48.0 Å². The second-order valence-corrected chi connectivity index (χ2v) is 8.73. The second-order valence-electron chi connectivity index (χ2n) is 8.73. The minimum absolute atomic E-state index is 0.175. The van der Waals surface area contributed by atoms with Crippen molar-refractivity contribution < 1.29 is 23.8 Å². The average Bonchev–Trinajstić information content (AvgIpc) is 3.21. The highest BCUT2D eigenvalue weighted by Crippen LogP contribution is 2.45. The molecule has 8 heteroatoms. The Morgan fingerprint density at radius 2 is 1.88 bits per heavy atom.